The molecular weight excluding hydrogens is 580 g/mol. The van der Waals surface area contributed by atoms with Crippen LogP contribution in [-0.4, -0.2) is 88.7 Å². The van der Waals surface area contributed by atoms with E-state index in [0.717, 1.165) is 37.8 Å². The van der Waals surface area contributed by atoms with E-state index in [-0.39, 0.29) is 59.8 Å². The zero-order valence-electron chi connectivity index (χ0n) is 29.6. The molecular formula is C37H58N4O5. The van der Waals surface area contributed by atoms with Gasteiger partial charge in [-0.25, -0.2) is 4.79 Å². The fraction of sp³-hybridized carbons (Fsp3) is 0.676. The summed E-state index contributed by atoms with van der Waals surface area (Å²) in [6.07, 6.45) is 6.24. The number of likely N-dealkylation sites (tertiary alicyclic amines) is 2. The van der Waals surface area contributed by atoms with Crippen LogP contribution in [-0.2, 0) is 23.9 Å². The molecule has 46 heavy (non-hydrogen) atoms. The lowest BCUT2D eigenvalue weighted by Gasteiger charge is -2.39. The van der Waals surface area contributed by atoms with Crippen molar-refractivity contribution in [2.45, 2.75) is 130 Å². The van der Waals surface area contributed by atoms with E-state index in [1.807, 2.05) is 71.0 Å². The Morgan fingerprint density at radius 3 is 2.17 bits per heavy atom. The number of carbonyl (C=O) groups is 4. The largest absolute Gasteiger partial charge is 0.456 e. The van der Waals surface area contributed by atoms with Gasteiger partial charge in [0, 0.05) is 25.2 Å². The van der Waals surface area contributed by atoms with Crippen LogP contribution >= 0.6 is 0 Å². The van der Waals surface area contributed by atoms with E-state index in [1.54, 1.807) is 23.8 Å². The summed E-state index contributed by atoms with van der Waals surface area (Å²) in [6.45, 7) is 17.2. The molecule has 1 N–H and O–H groups in total. The third kappa shape index (κ3) is 9.20. The molecule has 256 valence electrons. The van der Waals surface area contributed by atoms with Crippen LogP contribution in [0.1, 0.15) is 106 Å². The van der Waals surface area contributed by atoms with Crippen LogP contribution in [0.2, 0.25) is 0 Å². The van der Waals surface area contributed by atoms with Crippen molar-refractivity contribution in [2.24, 2.45) is 11.8 Å². The third-order valence-electron chi connectivity index (χ3n) is 9.56. The van der Waals surface area contributed by atoms with Crippen molar-refractivity contribution in [3.8, 4) is 0 Å². The molecule has 0 radical (unpaired) electrons. The summed E-state index contributed by atoms with van der Waals surface area (Å²) in [5.41, 5.74) is 1.41. The molecule has 1 aromatic rings. The van der Waals surface area contributed by atoms with E-state index in [1.165, 1.54) is 0 Å². The predicted molar refractivity (Wildman–Crippen MR) is 182 cm³/mol. The number of carbonyl (C=O) groups excluding carboxylic acids is 4. The van der Waals surface area contributed by atoms with Crippen LogP contribution in [0, 0.1) is 11.8 Å². The van der Waals surface area contributed by atoms with Gasteiger partial charge in [0.15, 0.2) is 0 Å². The van der Waals surface area contributed by atoms with E-state index in [4.69, 9.17) is 4.74 Å². The summed E-state index contributed by atoms with van der Waals surface area (Å²) in [5.74, 6) is -0.995. The highest BCUT2D eigenvalue weighted by Crippen LogP contribution is 2.27. The zero-order chi connectivity index (χ0) is 34.1. The van der Waals surface area contributed by atoms with E-state index in [2.05, 4.69) is 24.1 Å². The summed E-state index contributed by atoms with van der Waals surface area (Å²) >= 11 is 0. The average molecular weight is 639 g/mol. The Balaban J connectivity index is 1.74. The fourth-order valence-corrected chi connectivity index (χ4v) is 6.82. The summed E-state index contributed by atoms with van der Waals surface area (Å²) in [4.78, 5) is 60.1. The Kier molecular flexibility index (Phi) is 13.8. The maximum Gasteiger partial charge on any atom is 0.329 e. The highest BCUT2D eigenvalue weighted by atomic mass is 16.5. The predicted octanol–water partition coefficient (Wildman–Crippen LogP) is 5.50. The van der Waals surface area contributed by atoms with Crippen molar-refractivity contribution in [3.63, 3.8) is 0 Å². The van der Waals surface area contributed by atoms with Gasteiger partial charge in [-0.3, -0.25) is 19.3 Å². The highest BCUT2D eigenvalue weighted by molar-refractivity contribution is 5.96. The smallest absolute Gasteiger partial charge is 0.329 e. The normalized spacial score (nSPS) is 21.3. The number of rotatable bonds is 13. The summed E-state index contributed by atoms with van der Waals surface area (Å²) < 4.78 is 5.92. The van der Waals surface area contributed by atoms with Crippen molar-refractivity contribution in [2.75, 3.05) is 20.1 Å². The standard InChI is InChI=1S/C37H58N4O5/c1-10-32(28-17-12-11-13-18-28)46-37(45)30-20-16-22-41(30)35(43)27(8)23-31(24(2)3)39(9)36(44)33(25(4)5)38-34(42)29-19-14-15-21-40(29)26(6)7/h11-13,17-18,23-26,29-33H,10,14-16,19-22H2,1-9H3,(H,38,42)/t29?,30-,31+,32+,33-/m0/s1. The van der Waals surface area contributed by atoms with Gasteiger partial charge in [0.1, 0.15) is 18.2 Å². The summed E-state index contributed by atoms with van der Waals surface area (Å²) in [5, 5.41) is 3.10. The zero-order valence-corrected chi connectivity index (χ0v) is 29.6. The molecule has 2 fully saturated rings. The summed E-state index contributed by atoms with van der Waals surface area (Å²) in [7, 11) is 1.74. The minimum atomic E-state index is -0.687. The van der Waals surface area contributed by atoms with Gasteiger partial charge in [-0.1, -0.05) is 77.4 Å². The van der Waals surface area contributed by atoms with Crippen molar-refractivity contribution >= 4 is 23.7 Å². The van der Waals surface area contributed by atoms with Crippen LogP contribution in [0.3, 0.4) is 0 Å². The second-order valence-corrected chi connectivity index (χ2v) is 14.0. The maximum atomic E-state index is 14.0. The molecule has 3 amide bonds. The molecule has 0 aromatic heterocycles. The van der Waals surface area contributed by atoms with Gasteiger partial charge in [0.2, 0.25) is 17.7 Å². The molecule has 2 saturated heterocycles. The third-order valence-corrected chi connectivity index (χ3v) is 9.56. The molecule has 2 aliphatic heterocycles. The number of nitrogens with one attached hydrogen (secondary N) is 1. The van der Waals surface area contributed by atoms with Crippen LogP contribution in [0.4, 0.5) is 0 Å². The van der Waals surface area contributed by atoms with Crippen LogP contribution in [0.5, 0.6) is 0 Å². The minimum Gasteiger partial charge on any atom is -0.456 e. The molecule has 5 atom stereocenters. The lowest BCUT2D eigenvalue weighted by Crippen LogP contribution is -2.58. The Hall–Kier alpha value is -3.20. The van der Waals surface area contributed by atoms with Gasteiger partial charge in [0.05, 0.1) is 12.1 Å². The Morgan fingerprint density at radius 2 is 1.59 bits per heavy atom. The topological polar surface area (TPSA) is 99.3 Å². The van der Waals surface area contributed by atoms with Gasteiger partial charge < -0.3 is 19.9 Å². The Morgan fingerprint density at radius 1 is 0.935 bits per heavy atom. The molecule has 1 unspecified atom stereocenters. The van der Waals surface area contributed by atoms with Crippen molar-refractivity contribution in [1.29, 1.82) is 0 Å². The molecule has 1 aromatic carbocycles. The Labute approximate surface area is 277 Å². The van der Waals surface area contributed by atoms with Gasteiger partial charge in [0.25, 0.3) is 0 Å². The number of hydrogen-bond donors (Lipinski definition) is 1. The first kappa shape index (κ1) is 37.3. The first-order valence-electron chi connectivity index (χ1n) is 17.4. The van der Waals surface area contributed by atoms with Gasteiger partial charge >= 0.3 is 5.97 Å². The second-order valence-electron chi connectivity index (χ2n) is 14.0. The summed E-state index contributed by atoms with van der Waals surface area (Å²) in [6, 6.07) is 7.96. The number of amides is 3. The molecule has 3 rings (SSSR count). The number of piperidine rings is 1. The monoisotopic (exact) mass is 638 g/mol. The van der Waals surface area contributed by atoms with Crippen molar-refractivity contribution in [1.82, 2.24) is 20.0 Å². The van der Waals surface area contributed by atoms with Crippen molar-refractivity contribution < 1.29 is 23.9 Å². The lowest BCUT2D eigenvalue weighted by atomic mass is 9.95. The average Bonchev–Trinajstić information content (AvgIpc) is 3.54. The van der Waals surface area contributed by atoms with E-state index >= 15 is 0 Å². The number of ether oxygens (including phenoxy) is 1. The number of benzene rings is 1. The van der Waals surface area contributed by atoms with E-state index < -0.39 is 12.1 Å². The molecule has 0 aliphatic carbocycles. The second kappa shape index (κ2) is 17.1. The number of hydrogen-bond acceptors (Lipinski definition) is 6. The molecule has 2 heterocycles. The number of esters is 1. The molecule has 9 heteroatoms. The molecule has 2 aliphatic rings. The van der Waals surface area contributed by atoms with Crippen LogP contribution < -0.4 is 5.32 Å². The SMILES string of the molecule is CC[C@@H](OC(=O)[C@@H]1CCCN1C(=O)C(C)=C[C@H](C(C)C)N(C)C(=O)[C@@H](NC(=O)C1CCCCN1C(C)C)C(C)C)c1ccccc1. The van der Waals surface area contributed by atoms with Gasteiger partial charge in [-0.2, -0.15) is 0 Å². The molecule has 0 bridgehead atoms. The first-order valence-corrected chi connectivity index (χ1v) is 17.4. The maximum absolute atomic E-state index is 14.0. The van der Waals surface area contributed by atoms with Gasteiger partial charge in [-0.15, -0.1) is 0 Å². The number of likely N-dealkylation sites (N-methyl/N-ethyl adjacent to an activating group) is 1. The van der Waals surface area contributed by atoms with Crippen LogP contribution in [0.15, 0.2) is 42.0 Å². The van der Waals surface area contributed by atoms with Gasteiger partial charge in [-0.05, 0) is 76.8 Å². The fourth-order valence-electron chi connectivity index (χ4n) is 6.82. The molecule has 0 spiro atoms. The number of nitrogens with zero attached hydrogens (tertiary/aromatic N) is 3. The molecule has 9 nitrogen and oxygen atoms in total. The Bertz CT molecular complexity index is 1210. The van der Waals surface area contributed by atoms with Crippen molar-refractivity contribution in [3.05, 3.63) is 47.5 Å². The highest BCUT2D eigenvalue weighted by Gasteiger charge is 2.38. The van der Waals surface area contributed by atoms with E-state index in [0.29, 0.717) is 25.0 Å². The first-order chi connectivity index (χ1) is 21.8. The lowest BCUT2D eigenvalue weighted by molar-refractivity contribution is -0.157. The van der Waals surface area contributed by atoms with E-state index in [9.17, 15) is 19.2 Å². The molecule has 0 saturated carbocycles. The quantitative estimate of drug-likeness (QED) is 0.226. The minimum absolute atomic E-state index is 0.00511. The van der Waals surface area contributed by atoms with Crippen LogP contribution in [0.25, 0.3) is 0 Å².